The number of carbonyl (C=O) groups excluding carboxylic acids is 3. The number of hydrogen-bond donors (Lipinski definition) is 2. The van der Waals surface area contributed by atoms with Gasteiger partial charge in [-0.25, -0.2) is 4.79 Å². The summed E-state index contributed by atoms with van der Waals surface area (Å²) in [5, 5.41) is 12.2. The van der Waals surface area contributed by atoms with Crippen LogP contribution in [0, 0.1) is 5.92 Å². The van der Waals surface area contributed by atoms with Gasteiger partial charge in [0, 0.05) is 18.0 Å². The summed E-state index contributed by atoms with van der Waals surface area (Å²) in [5.41, 5.74) is 6.28. The van der Waals surface area contributed by atoms with E-state index in [4.69, 9.17) is 14.2 Å². The molecule has 3 fully saturated rings. The van der Waals surface area contributed by atoms with E-state index in [1.54, 1.807) is 0 Å². The van der Waals surface area contributed by atoms with Crippen molar-refractivity contribution in [2.45, 2.75) is 89.7 Å². The van der Waals surface area contributed by atoms with Crippen LogP contribution in [0.15, 0.2) is 103 Å². The lowest BCUT2D eigenvalue weighted by Gasteiger charge is -2.43. The molecule has 3 amide bonds. The average molecular weight is 746 g/mol. The lowest BCUT2D eigenvalue weighted by Crippen LogP contribution is -2.45. The lowest BCUT2D eigenvalue weighted by atomic mass is 9.89. The molecule has 7 rings (SSSR count). The van der Waals surface area contributed by atoms with Gasteiger partial charge in [-0.2, -0.15) is 0 Å². The Hall–Kier alpha value is -4.87. The van der Waals surface area contributed by atoms with Crippen molar-refractivity contribution in [3.8, 4) is 11.1 Å². The largest absolute Gasteiger partial charge is 0.445 e. The first-order chi connectivity index (χ1) is 26.9. The molecule has 10 heteroatoms. The highest BCUT2D eigenvalue weighted by atomic mass is 16.7. The molecule has 4 aromatic carbocycles. The molecule has 2 N–H and O–H groups in total. The minimum absolute atomic E-state index is 0.00542. The minimum Gasteiger partial charge on any atom is -0.445 e. The Balaban J connectivity index is 1.04. The molecular weight excluding hydrogens is 695 g/mol. The van der Waals surface area contributed by atoms with Gasteiger partial charge < -0.3 is 29.5 Å². The quantitative estimate of drug-likeness (QED) is 0.152. The van der Waals surface area contributed by atoms with E-state index >= 15 is 0 Å². The molecule has 55 heavy (non-hydrogen) atoms. The smallest absolute Gasteiger partial charge is 0.408 e. The predicted octanol–water partition coefficient (Wildman–Crippen LogP) is 7.46. The van der Waals surface area contributed by atoms with Crippen molar-refractivity contribution in [2.75, 3.05) is 19.6 Å². The van der Waals surface area contributed by atoms with E-state index < -0.39 is 24.3 Å². The number of rotatable bonds is 11. The number of carbonyl (C=O) groups is 3. The fourth-order valence-corrected chi connectivity index (χ4v) is 7.88. The molecule has 1 unspecified atom stereocenters. The monoisotopic (exact) mass is 745 g/mol. The van der Waals surface area contributed by atoms with Crippen LogP contribution in [0.3, 0.4) is 0 Å². The van der Waals surface area contributed by atoms with Crippen molar-refractivity contribution in [1.29, 1.82) is 0 Å². The van der Waals surface area contributed by atoms with Crippen LogP contribution >= 0.6 is 0 Å². The zero-order valence-corrected chi connectivity index (χ0v) is 31.5. The van der Waals surface area contributed by atoms with Crippen LogP contribution in [0.25, 0.3) is 11.1 Å². The first kappa shape index (κ1) is 38.4. The summed E-state index contributed by atoms with van der Waals surface area (Å²) in [6.07, 6.45) is 4.59. The number of alkyl carbamates (subject to hydrolysis) is 1. The maximum atomic E-state index is 13.4. The van der Waals surface area contributed by atoms with Gasteiger partial charge in [0.15, 0.2) is 6.29 Å². The summed E-state index contributed by atoms with van der Waals surface area (Å²) in [6.45, 7) is 5.35. The summed E-state index contributed by atoms with van der Waals surface area (Å²) in [4.78, 5) is 42.7. The zero-order chi connectivity index (χ0) is 38.1. The summed E-state index contributed by atoms with van der Waals surface area (Å²) >= 11 is 0. The molecule has 10 nitrogen and oxygen atoms in total. The van der Waals surface area contributed by atoms with Crippen LogP contribution in [0.1, 0.15) is 85.7 Å². The highest BCUT2D eigenvalue weighted by molar-refractivity contribution is 6.06. The summed E-state index contributed by atoms with van der Waals surface area (Å²) < 4.78 is 18.8. The Morgan fingerprint density at radius 3 is 2.20 bits per heavy atom. The van der Waals surface area contributed by atoms with Crippen LogP contribution in [0.5, 0.6) is 0 Å². The molecule has 3 heterocycles. The molecule has 3 saturated heterocycles. The highest BCUT2D eigenvalue weighted by Crippen LogP contribution is 2.42. The standard InChI is InChI=1S/C45H51N3O7/c1-31-40(28-47-24-10-3-2-4-11-25-47)54-44(55-42(31)35-18-16-32(29-49)17-19-35)36-22-20-34(21-23-36)38-15-9-8-14-37(38)27-48-41(50)26-39(43(48)51)46-45(52)53-30-33-12-6-5-7-13-33/h5-9,12-23,31,39-40,42,44,49H,2-4,10-11,24-30H2,1H3,(H,46,52)/t31-,39?,40+,42+,44+/m0/s1. The van der Waals surface area contributed by atoms with Gasteiger partial charge in [0.05, 0.1) is 31.8 Å². The molecule has 3 aliphatic rings. The fourth-order valence-electron chi connectivity index (χ4n) is 7.88. The topological polar surface area (TPSA) is 118 Å². The third-order valence-electron chi connectivity index (χ3n) is 11.1. The number of amides is 3. The van der Waals surface area contributed by atoms with Gasteiger partial charge in [-0.15, -0.1) is 0 Å². The van der Waals surface area contributed by atoms with Gasteiger partial charge in [0.25, 0.3) is 5.91 Å². The van der Waals surface area contributed by atoms with E-state index in [0.29, 0.717) is 0 Å². The summed E-state index contributed by atoms with van der Waals surface area (Å²) in [7, 11) is 0. The Kier molecular flexibility index (Phi) is 12.7. The number of aliphatic hydroxyl groups is 1. The maximum absolute atomic E-state index is 13.4. The number of imide groups is 1. The van der Waals surface area contributed by atoms with Gasteiger partial charge in [-0.1, -0.05) is 129 Å². The zero-order valence-electron chi connectivity index (χ0n) is 31.5. The fraction of sp³-hybridized carbons (Fsp3) is 0.400. The lowest BCUT2D eigenvalue weighted by molar-refractivity contribution is -0.276. The van der Waals surface area contributed by atoms with Crippen molar-refractivity contribution >= 4 is 17.9 Å². The van der Waals surface area contributed by atoms with Gasteiger partial charge in [0.1, 0.15) is 12.6 Å². The molecule has 0 saturated carbocycles. The van der Waals surface area contributed by atoms with E-state index in [1.807, 2.05) is 103 Å². The van der Waals surface area contributed by atoms with E-state index in [1.165, 1.54) is 37.0 Å². The molecule has 0 aliphatic carbocycles. The second-order valence-electron chi connectivity index (χ2n) is 15.0. The number of hydrogen-bond acceptors (Lipinski definition) is 8. The van der Waals surface area contributed by atoms with Crippen LogP contribution in [-0.2, 0) is 43.6 Å². The molecule has 0 aromatic heterocycles. The van der Waals surface area contributed by atoms with Gasteiger partial charge >= 0.3 is 6.09 Å². The molecule has 0 radical (unpaired) electrons. The Labute approximate surface area is 323 Å². The van der Waals surface area contributed by atoms with Crippen molar-refractivity contribution in [3.63, 3.8) is 0 Å². The molecule has 0 spiro atoms. The van der Waals surface area contributed by atoms with Gasteiger partial charge in [-0.3, -0.25) is 14.5 Å². The molecule has 4 aromatic rings. The number of ether oxygens (including phenoxy) is 3. The van der Waals surface area contributed by atoms with Crippen molar-refractivity contribution < 1.29 is 33.7 Å². The highest BCUT2D eigenvalue weighted by Gasteiger charge is 2.41. The molecule has 5 atom stereocenters. The minimum atomic E-state index is -0.982. The van der Waals surface area contributed by atoms with Crippen LogP contribution in [-0.4, -0.2) is 64.6 Å². The van der Waals surface area contributed by atoms with Crippen molar-refractivity contribution in [1.82, 2.24) is 15.1 Å². The number of likely N-dealkylation sites (tertiary alicyclic amines) is 2. The predicted molar refractivity (Wildman–Crippen MR) is 208 cm³/mol. The molecule has 3 aliphatic heterocycles. The van der Waals surface area contributed by atoms with Crippen LogP contribution in [0.2, 0.25) is 0 Å². The van der Waals surface area contributed by atoms with Crippen LogP contribution < -0.4 is 5.32 Å². The second kappa shape index (κ2) is 18.2. The molecule has 288 valence electrons. The summed E-state index contributed by atoms with van der Waals surface area (Å²) in [5.74, 6) is -0.702. The maximum Gasteiger partial charge on any atom is 0.408 e. The van der Waals surface area contributed by atoms with Gasteiger partial charge in [0.2, 0.25) is 5.91 Å². The van der Waals surface area contributed by atoms with Gasteiger partial charge in [-0.05, 0) is 59.3 Å². The van der Waals surface area contributed by atoms with E-state index in [0.717, 1.165) is 58.6 Å². The molecular formula is C45H51N3O7. The number of aliphatic hydroxyl groups excluding tert-OH is 1. The Morgan fingerprint density at radius 2 is 1.47 bits per heavy atom. The first-order valence-corrected chi connectivity index (χ1v) is 19.6. The Morgan fingerprint density at radius 1 is 0.800 bits per heavy atom. The number of nitrogens with one attached hydrogen (secondary N) is 1. The number of nitrogens with zero attached hydrogens (tertiary/aromatic N) is 2. The third kappa shape index (κ3) is 9.51. The van der Waals surface area contributed by atoms with Crippen LogP contribution in [0.4, 0.5) is 4.79 Å². The number of benzene rings is 4. The van der Waals surface area contributed by atoms with E-state index in [-0.39, 0.29) is 50.2 Å². The SMILES string of the molecule is C[C@H]1[C@@H](CN2CCCCCCC2)O[C@@H](c2ccc(-c3ccccc3CN3C(=O)CC(NC(=O)OCc4ccccc4)C3=O)cc2)O[C@H]1c1ccc(CO)cc1. The summed E-state index contributed by atoms with van der Waals surface area (Å²) in [6, 6.07) is 32.1. The first-order valence-electron chi connectivity index (χ1n) is 19.6. The average Bonchev–Trinajstić information content (AvgIpc) is 3.46. The normalized spacial score (nSPS) is 23.6. The van der Waals surface area contributed by atoms with E-state index in [9.17, 15) is 19.5 Å². The third-order valence-corrected chi connectivity index (χ3v) is 11.1. The van der Waals surface area contributed by atoms with Crippen molar-refractivity contribution in [2.24, 2.45) is 5.92 Å². The van der Waals surface area contributed by atoms with E-state index in [2.05, 4.69) is 17.1 Å². The molecule has 0 bridgehead atoms. The Bertz CT molecular complexity index is 1890. The van der Waals surface area contributed by atoms with Crippen molar-refractivity contribution in [3.05, 3.63) is 131 Å². The second-order valence-corrected chi connectivity index (χ2v) is 15.0.